The van der Waals surface area contributed by atoms with Crippen molar-refractivity contribution < 1.29 is 0 Å². The quantitative estimate of drug-likeness (QED) is 0.172. The Balaban J connectivity index is 1.20. The van der Waals surface area contributed by atoms with Crippen LogP contribution in [0.2, 0.25) is 0 Å². The monoisotopic (exact) mass is 570 g/mol. The highest BCUT2D eigenvalue weighted by Gasteiger charge is 2.39. The minimum atomic E-state index is -0.127. The second kappa shape index (κ2) is 8.80. The van der Waals surface area contributed by atoms with Crippen molar-refractivity contribution in [2.75, 3.05) is 0 Å². The molecule has 0 aliphatic heterocycles. The standard InChI is InChI=1S/C45H30/c1-45(2)43-30-22-19-27(28-20-23-37-33-13-4-3-11-31(33)32-12-5-6-16-36(32)41(37)26-28)25-29(30)21-24-40(43)42-38-17-9-7-14-34(38)35-15-8-10-18-39(35)44(42)45/h3-26H,1-2H3. The van der Waals surface area contributed by atoms with Crippen LogP contribution in [-0.4, -0.2) is 0 Å². The maximum absolute atomic E-state index is 2.42. The van der Waals surface area contributed by atoms with Gasteiger partial charge in [-0.15, -0.1) is 0 Å². The summed E-state index contributed by atoms with van der Waals surface area (Å²) in [4.78, 5) is 0. The Bertz CT molecular complexity index is 2690. The predicted octanol–water partition coefficient (Wildman–Crippen LogP) is 12.6. The fraction of sp³-hybridized carbons (Fsp3) is 0.0667. The van der Waals surface area contributed by atoms with Crippen molar-refractivity contribution >= 4 is 64.6 Å². The summed E-state index contributed by atoms with van der Waals surface area (Å²) in [6.07, 6.45) is 0. The fourth-order valence-electron chi connectivity index (χ4n) is 8.67. The summed E-state index contributed by atoms with van der Waals surface area (Å²) in [6.45, 7) is 4.84. The molecule has 1 aliphatic rings. The number of fused-ring (bicyclic) bond motifs is 16. The van der Waals surface area contributed by atoms with Crippen LogP contribution in [0.3, 0.4) is 0 Å². The van der Waals surface area contributed by atoms with Crippen molar-refractivity contribution in [3.63, 3.8) is 0 Å². The highest BCUT2D eigenvalue weighted by molar-refractivity contribution is 6.26. The molecule has 0 heteroatoms. The van der Waals surface area contributed by atoms with Crippen molar-refractivity contribution in [2.24, 2.45) is 0 Å². The SMILES string of the molecule is CC1(C)c2c(ccc3cc(-c4ccc5c6ccccc6c6ccccc6c5c4)ccc23)-c2c1c1ccccc1c1ccccc21. The molecule has 45 heavy (non-hydrogen) atoms. The molecule has 210 valence electrons. The van der Waals surface area contributed by atoms with Crippen LogP contribution in [0.15, 0.2) is 146 Å². The van der Waals surface area contributed by atoms with Crippen molar-refractivity contribution in [1.82, 2.24) is 0 Å². The maximum Gasteiger partial charge on any atom is 0.0171 e. The van der Waals surface area contributed by atoms with Gasteiger partial charge in [0.1, 0.15) is 0 Å². The predicted molar refractivity (Wildman–Crippen MR) is 194 cm³/mol. The molecule has 0 radical (unpaired) electrons. The summed E-state index contributed by atoms with van der Waals surface area (Å²) in [5, 5.41) is 15.9. The third-order valence-electron chi connectivity index (χ3n) is 10.5. The van der Waals surface area contributed by atoms with E-state index in [4.69, 9.17) is 0 Å². The molecule has 0 bridgehead atoms. The van der Waals surface area contributed by atoms with Gasteiger partial charge >= 0.3 is 0 Å². The highest BCUT2D eigenvalue weighted by Crippen LogP contribution is 2.56. The van der Waals surface area contributed by atoms with Crippen molar-refractivity contribution in [1.29, 1.82) is 0 Å². The van der Waals surface area contributed by atoms with Gasteiger partial charge in [-0.2, -0.15) is 0 Å². The lowest BCUT2D eigenvalue weighted by Crippen LogP contribution is -2.16. The Hall–Kier alpha value is -5.46. The Morgan fingerprint density at radius 1 is 0.333 bits per heavy atom. The first kappa shape index (κ1) is 24.9. The number of hydrogen-bond donors (Lipinski definition) is 0. The number of rotatable bonds is 1. The first-order valence-electron chi connectivity index (χ1n) is 15.9. The van der Waals surface area contributed by atoms with Crippen molar-refractivity contribution in [2.45, 2.75) is 19.3 Å². The smallest absolute Gasteiger partial charge is 0.0171 e. The molecule has 0 nitrogen and oxygen atoms in total. The van der Waals surface area contributed by atoms with Crippen LogP contribution < -0.4 is 0 Å². The topological polar surface area (TPSA) is 0 Å². The lowest BCUT2D eigenvalue weighted by atomic mass is 9.77. The molecular formula is C45H30. The van der Waals surface area contributed by atoms with Gasteiger partial charge in [-0.05, 0) is 110 Å². The van der Waals surface area contributed by atoms with Gasteiger partial charge in [-0.25, -0.2) is 0 Å². The molecule has 10 rings (SSSR count). The third-order valence-corrected chi connectivity index (χ3v) is 10.5. The average molecular weight is 571 g/mol. The molecular weight excluding hydrogens is 540 g/mol. The van der Waals surface area contributed by atoms with Crippen LogP contribution in [0.4, 0.5) is 0 Å². The molecule has 0 amide bonds. The van der Waals surface area contributed by atoms with Crippen LogP contribution in [0.5, 0.6) is 0 Å². The van der Waals surface area contributed by atoms with E-state index in [2.05, 4.69) is 159 Å². The zero-order chi connectivity index (χ0) is 29.9. The van der Waals surface area contributed by atoms with E-state index < -0.39 is 0 Å². The maximum atomic E-state index is 2.42. The van der Waals surface area contributed by atoms with E-state index in [-0.39, 0.29) is 5.41 Å². The number of benzene rings is 9. The van der Waals surface area contributed by atoms with Gasteiger partial charge in [0.15, 0.2) is 0 Å². The zero-order valence-corrected chi connectivity index (χ0v) is 25.4. The minimum Gasteiger partial charge on any atom is -0.0616 e. The molecule has 0 N–H and O–H groups in total. The summed E-state index contributed by atoms with van der Waals surface area (Å²) >= 11 is 0. The molecule has 0 saturated carbocycles. The molecule has 0 heterocycles. The summed E-state index contributed by atoms with van der Waals surface area (Å²) in [6, 6.07) is 54.4. The normalized spacial score (nSPS) is 13.7. The van der Waals surface area contributed by atoms with E-state index in [0.717, 1.165) is 0 Å². The van der Waals surface area contributed by atoms with Crippen LogP contribution in [0.25, 0.3) is 86.9 Å². The van der Waals surface area contributed by atoms with E-state index in [1.807, 2.05) is 0 Å². The first-order chi connectivity index (χ1) is 22.1. The van der Waals surface area contributed by atoms with Crippen molar-refractivity contribution in [3.05, 3.63) is 157 Å². The second-order valence-electron chi connectivity index (χ2n) is 13.2. The van der Waals surface area contributed by atoms with E-state index in [1.165, 1.54) is 98.0 Å². The fourth-order valence-corrected chi connectivity index (χ4v) is 8.67. The van der Waals surface area contributed by atoms with Crippen LogP contribution in [0.1, 0.15) is 25.0 Å². The van der Waals surface area contributed by atoms with Gasteiger partial charge in [-0.1, -0.05) is 147 Å². The average Bonchev–Trinajstić information content (AvgIpc) is 3.35. The van der Waals surface area contributed by atoms with E-state index in [9.17, 15) is 0 Å². The van der Waals surface area contributed by atoms with Crippen LogP contribution in [-0.2, 0) is 5.41 Å². The molecule has 0 unspecified atom stereocenters. The molecule has 9 aromatic rings. The molecule has 0 saturated heterocycles. The Morgan fingerprint density at radius 3 is 1.40 bits per heavy atom. The second-order valence-corrected chi connectivity index (χ2v) is 13.2. The van der Waals surface area contributed by atoms with E-state index in [0.29, 0.717) is 0 Å². The molecule has 0 fully saturated rings. The van der Waals surface area contributed by atoms with Crippen molar-refractivity contribution in [3.8, 4) is 22.3 Å². The first-order valence-corrected chi connectivity index (χ1v) is 15.9. The van der Waals surface area contributed by atoms with E-state index in [1.54, 1.807) is 0 Å². The lowest BCUT2D eigenvalue weighted by Gasteiger charge is -2.25. The number of hydrogen-bond acceptors (Lipinski definition) is 0. The van der Waals surface area contributed by atoms with E-state index >= 15 is 0 Å². The van der Waals surface area contributed by atoms with Gasteiger partial charge in [0, 0.05) is 5.41 Å². The van der Waals surface area contributed by atoms with Gasteiger partial charge < -0.3 is 0 Å². The highest BCUT2D eigenvalue weighted by atomic mass is 14.4. The molecule has 0 aromatic heterocycles. The van der Waals surface area contributed by atoms with Gasteiger partial charge in [-0.3, -0.25) is 0 Å². The summed E-state index contributed by atoms with van der Waals surface area (Å²) in [5.41, 5.74) is 8.06. The summed E-state index contributed by atoms with van der Waals surface area (Å²) in [5.74, 6) is 0. The van der Waals surface area contributed by atoms with Gasteiger partial charge in [0.05, 0.1) is 0 Å². The minimum absolute atomic E-state index is 0.127. The molecule has 9 aromatic carbocycles. The van der Waals surface area contributed by atoms with Crippen LogP contribution >= 0.6 is 0 Å². The summed E-state index contributed by atoms with van der Waals surface area (Å²) < 4.78 is 0. The largest absolute Gasteiger partial charge is 0.0616 e. The zero-order valence-electron chi connectivity index (χ0n) is 25.4. The van der Waals surface area contributed by atoms with Crippen LogP contribution in [0, 0.1) is 0 Å². The van der Waals surface area contributed by atoms with Gasteiger partial charge in [0.2, 0.25) is 0 Å². The summed E-state index contributed by atoms with van der Waals surface area (Å²) in [7, 11) is 0. The molecule has 0 spiro atoms. The Kier molecular flexibility index (Phi) is 4.88. The third kappa shape index (κ3) is 3.27. The van der Waals surface area contributed by atoms with Gasteiger partial charge in [0.25, 0.3) is 0 Å². The molecule has 1 aliphatic carbocycles. The lowest BCUT2D eigenvalue weighted by molar-refractivity contribution is 0.672. The Labute approximate surface area is 262 Å². The Morgan fingerprint density at radius 2 is 0.778 bits per heavy atom. The molecule has 0 atom stereocenters.